The van der Waals surface area contributed by atoms with Crippen molar-refractivity contribution in [3.63, 3.8) is 0 Å². The van der Waals surface area contributed by atoms with Gasteiger partial charge in [-0.15, -0.1) is 0 Å². The monoisotopic (exact) mass is 465 g/mol. The Balaban J connectivity index is 2.15. The van der Waals surface area contributed by atoms with E-state index in [9.17, 15) is 9.59 Å². The number of rotatable bonds is 11. The van der Waals surface area contributed by atoms with Gasteiger partial charge in [-0.2, -0.15) is 0 Å². The molecular weight excluding hydrogens is 438 g/mol. The van der Waals surface area contributed by atoms with Gasteiger partial charge in [-0.3, -0.25) is 9.59 Å². The molecule has 0 aliphatic rings. The summed E-state index contributed by atoms with van der Waals surface area (Å²) in [7, 11) is 3.13. The zero-order chi connectivity index (χ0) is 22.8. The lowest BCUT2D eigenvalue weighted by atomic mass is 10.1. The van der Waals surface area contributed by atoms with Crippen LogP contribution in [-0.2, 0) is 15.4 Å². The van der Waals surface area contributed by atoms with Crippen LogP contribution in [-0.4, -0.2) is 49.8 Å². The van der Waals surface area contributed by atoms with E-state index in [1.807, 2.05) is 31.2 Å². The SMILES string of the molecule is COc1cc(C(=O)N(CCCc2ccccc2Cl)CCSOC(C)=O)cc(OC)c1C. The highest BCUT2D eigenvalue weighted by Crippen LogP contribution is 2.30. The summed E-state index contributed by atoms with van der Waals surface area (Å²) < 4.78 is 15.8. The quantitative estimate of drug-likeness (QED) is 0.345. The van der Waals surface area contributed by atoms with Gasteiger partial charge in [0.05, 0.1) is 26.3 Å². The van der Waals surface area contributed by atoms with Crippen molar-refractivity contribution in [2.75, 3.05) is 33.1 Å². The first-order valence-electron chi connectivity index (χ1n) is 9.92. The van der Waals surface area contributed by atoms with E-state index in [-0.39, 0.29) is 11.9 Å². The van der Waals surface area contributed by atoms with Crippen LogP contribution in [0.1, 0.15) is 34.8 Å². The average molecular weight is 466 g/mol. The topological polar surface area (TPSA) is 65.1 Å². The largest absolute Gasteiger partial charge is 0.496 e. The molecule has 2 rings (SSSR count). The van der Waals surface area contributed by atoms with Gasteiger partial charge in [-0.1, -0.05) is 29.8 Å². The lowest BCUT2D eigenvalue weighted by Gasteiger charge is -2.23. The predicted octanol–water partition coefficient (Wildman–Crippen LogP) is 4.95. The molecule has 0 unspecified atom stereocenters. The molecule has 0 saturated carbocycles. The van der Waals surface area contributed by atoms with E-state index < -0.39 is 0 Å². The first-order valence-corrected chi connectivity index (χ1v) is 11.2. The molecule has 0 saturated heterocycles. The lowest BCUT2D eigenvalue weighted by Crippen LogP contribution is -2.34. The maximum absolute atomic E-state index is 13.3. The molecule has 0 aliphatic heterocycles. The highest BCUT2D eigenvalue weighted by molar-refractivity contribution is 7.95. The minimum atomic E-state index is -0.366. The van der Waals surface area contributed by atoms with E-state index in [2.05, 4.69) is 0 Å². The van der Waals surface area contributed by atoms with Gasteiger partial charge in [0.2, 0.25) is 0 Å². The smallest absolute Gasteiger partial charge is 0.314 e. The van der Waals surface area contributed by atoms with Crippen LogP contribution in [0.15, 0.2) is 36.4 Å². The van der Waals surface area contributed by atoms with Crippen molar-refractivity contribution < 1.29 is 23.2 Å². The molecule has 0 N–H and O–H groups in total. The van der Waals surface area contributed by atoms with Crippen LogP contribution in [0, 0.1) is 6.92 Å². The number of ether oxygens (including phenoxy) is 2. The summed E-state index contributed by atoms with van der Waals surface area (Å²) in [5, 5.41) is 0.721. The summed E-state index contributed by atoms with van der Waals surface area (Å²) in [6.45, 7) is 4.19. The fraction of sp³-hybridized carbons (Fsp3) is 0.391. The third-order valence-corrected chi connectivity index (χ3v) is 5.81. The molecule has 1 amide bonds. The minimum absolute atomic E-state index is 0.140. The Bertz CT molecular complexity index is 880. The number of amides is 1. The van der Waals surface area contributed by atoms with Crippen LogP contribution in [0.3, 0.4) is 0 Å². The molecule has 2 aromatic rings. The molecule has 0 bridgehead atoms. The molecule has 0 atom stereocenters. The van der Waals surface area contributed by atoms with E-state index in [0.717, 1.165) is 41.0 Å². The van der Waals surface area contributed by atoms with E-state index >= 15 is 0 Å². The van der Waals surface area contributed by atoms with Gasteiger partial charge in [0.25, 0.3) is 5.91 Å². The Labute approximate surface area is 193 Å². The van der Waals surface area contributed by atoms with Crippen LogP contribution in [0.5, 0.6) is 11.5 Å². The van der Waals surface area contributed by atoms with Crippen LogP contribution in [0.4, 0.5) is 0 Å². The lowest BCUT2D eigenvalue weighted by molar-refractivity contribution is -0.130. The standard InChI is InChI=1S/C23H28ClNO5S/c1-16-21(28-3)14-19(15-22(16)29-4)23(27)25(12-13-31-30-17(2)26)11-7-9-18-8-5-6-10-20(18)24/h5-6,8,10,14-15H,7,9,11-13H2,1-4H3. The predicted molar refractivity (Wildman–Crippen MR) is 124 cm³/mol. The molecule has 168 valence electrons. The van der Waals surface area contributed by atoms with Crippen LogP contribution in [0.25, 0.3) is 0 Å². The van der Waals surface area contributed by atoms with Gasteiger partial charge in [0, 0.05) is 41.9 Å². The minimum Gasteiger partial charge on any atom is -0.496 e. The van der Waals surface area contributed by atoms with E-state index in [1.165, 1.54) is 6.92 Å². The van der Waals surface area contributed by atoms with Gasteiger partial charge in [-0.05, 0) is 43.5 Å². The molecule has 0 aliphatic carbocycles. The zero-order valence-electron chi connectivity index (χ0n) is 18.3. The summed E-state index contributed by atoms with van der Waals surface area (Å²) in [4.78, 5) is 26.1. The highest BCUT2D eigenvalue weighted by Gasteiger charge is 2.19. The number of nitrogens with zero attached hydrogens (tertiary/aromatic N) is 1. The zero-order valence-corrected chi connectivity index (χ0v) is 19.8. The molecule has 31 heavy (non-hydrogen) atoms. The number of carbonyl (C=O) groups excluding carboxylic acids is 2. The maximum atomic E-state index is 13.3. The number of carbonyl (C=O) groups is 2. The van der Waals surface area contributed by atoms with Crippen molar-refractivity contribution in [1.29, 1.82) is 0 Å². The fourth-order valence-corrected chi connectivity index (χ4v) is 3.92. The molecular formula is C23H28ClNO5S. The molecule has 0 fully saturated rings. The Morgan fingerprint density at radius 3 is 2.29 bits per heavy atom. The van der Waals surface area contributed by atoms with Gasteiger partial charge in [-0.25, -0.2) is 0 Å². The Morgan fingerprint density at radius 2 is 1.71 bits per heavy atom. The second-order valence-electron chi connectivity index (χ2n) is 6.89. The number of benzene rings is 2. The molecule has 8 heteroatoms. The van der Waals surface area contributed by atoms with Crippen LogP contribution >= 0.6 is 23.6 Å². The Kier molecular flexibility index (Phi) is 10.0. The third kappa shape index (κ3) is 7.36. The summed E-state index contributed by atoms with van der Waals surface area (Å²) >= 11 is 7.29. The molecule has 0 heterocycles. The van der Waals surface area contributed by atoms with Gasteiger partial charge in [0.15, 0.2) is 0 Å². The number of aryl methyl sites for hydroxylation is 1. The summed E-state index contributed by atoms with van der Waals surface area (Å²) in [5.41, 5.74) is 2.36. The van der Waals surface area contributed by atoms with Gasteiger partial charge < -0.3 is 18.6 Å². The Hall–Kier alpha value is -2.38. The van der Waals surface area contributed by atoms with Gasteiger partial charge in [0.1, 0.15) is 11.5 Å². The van der Waals surface area contributed by atoms with E-state index in [1.54, 1.807) is 31.3 Å². The number of methoxy groups -OCH3 is 2. The second-order valence-corrected chi connectivity index (χ2v) is 8.11. The van der Waals surface area contributed by atoms with Crippen molar-refractivity contribution in [3.05, 3.63) is 58.1 Å². The van der Waals surface area contributed by atoms with Crippen molar-refractivity contribution >= 4 is 35.5 Å². The highest BCUT2D eigenvalue weighted by atomic mass is 35.5. The van der Waals surface area contributed by atoms with Crippen molar-refractivity contribution in [2.45, 2.75) is 26.7 Å². The molecule has 2 aromatic carbocycles. The van der Waals surface area contributed by atoms with Crippen LogP contribution in [0.2, 0.25) is 5.02 Å². The first kappa shape index (κ1) is 24.9. The number of halogens is 1. The van der Waals surface area contributed by atoms with Crippen molar-refractivity contribution in [1.82, 2.24) is 4.90 Å². The number of hydrogen-bond acceptors (Lipinski definition) is 6. The van der Waals surface area contributed by atoms with Crippen LogP contribution < -0.4 is 9.47 Å². The number of hydrogen-bond donors (Lipinski definition) is 0. The fourth-order valence-electron chi connectivity index (χ4n) is 3.14. The van der Waals surface area contributed by atoms with Gasteiger partial charge >= 0.3 is 5.97 Å². The second kappa shape index (κ2) is 12.5. The maximum Gasteiger partial charge on any atom is 0.314 e. The molecule has 0 radical (unpaired) electrons. The Morgan fingerprint density at radius 1 is 1.06 bits per heavy atom. The van der Waals surface area contributed by atoms with Crippen molar-refractivity contribution in [3.8, 4) is 11.5 Å². The molecule has 0 aromatic heterocycles. The average Bonchev–Trinajstić information content (AvgIpc) is 2.76. The van der Waals surface area contributed by atoms with E-state index in [0.29, 0.717) is 35.9 Å². The third-order valence-electron chi connectivity index (χ3n) is 4.74. The summed E-state index contributed by atoms with van der Waals surface area (Å²) in [5.74, 6) is 1.15. The summed E-state index contributed by atoms with van der Waals surface area (Å²) in [6.07, 6.45) is 1.49. The molecule has 6 nitrogen and oxygen atoms in total. The summed E-state index contributed by atoms with van der Waals surface area (Å²) in [6, 6.07) is 11.1. The van der Waals surface area contributed by atoms with E-state index in [4.69, 9.17) is 25.3 Å². The molecule has 0 spiro atoms. The normalized spacial score (nSPS) is 10.5. The van der Waals surface area contributed by atoms with Crippen molar-refractivity contribution in [2.24, 2.45) is 0 Å². The first-order chi connectivity index (χ1) is 14.9.